The van der Waals surface area contributed by atoms with Gasteiger partial charge >= 0.3 is 6.03 Å². The molecule has 0 aliphatic carbocycles. The predicted molar refractivity (Wildman–Crippen MR) is 95.1 cm³/mol. The van der Waals surface area contributed by atoms with Crippen molar-refractivity contribution >= 4 is 35.3 Å². The van der Waals surface area contributed by atoms with E-state index in [0.29, 0.717) is 0 Å². The van der Waals surface area contributed by atoms with E-state index in [0.717, 1.165) is 11.0 Å². The number of urea groups is 1. The molecule has 1 N–H and O–H groups in total. The summed E-state index contributed by atoms with van der Waals surface area (Å²) in [4.78, 5) is 48.3. The summed E-state index contributed by atoms with van der Waals surface area (Å²) in [6.45, 7) is 0. The van der Waals surface area contributed by atoms with Crippen LogP contribution in [0, 0.1) is 10.1 Å². The zero-order valence-corrected chi connectivity index (χ0v) is 14.0. The average molecular weight is 367 g/mol. The summed E-state index contributed by atoms with van der Waals surface area (Å²) in [5.74, 6) is -1.51. The number of ether oxygens (including phenoxy) is 1. The number of methoxy groups -OCH3 is 1. The van der Waals surface area contributed by atoms with Crippen molar-refractivity contribution in [3.05, 3.63) is 69.8 Å². The molecule has 4 amide bonds. The monoisotopic (exact) mass is 367 g/mol. The highest BCUT2D eigenvalue weighted by Crippen LogP contribution is 2.28. The fourth-order valence-corrected chi connectivity index (χ4v) is 2.57. The first-order valence-electron chi connectivity index (χ1n) is 7.71. The van der Waals surface area contributed by atoms with Gasteiger partial charge in [0.05, 0.1) is 17.7 Å². The molecule has 9 heteroatoms. The second kappa shape index (κ2) is 7.08. The largest absolute Gasteiger partial charge is 0.496 e. The maximum atomic E-state index is 12.8. The van der Waals surface area contributed by atoms with E-state index in [2.05, 4.69) is 5.32 Å². The summed E-state index contributed by atoms with van der Waals surface area (Å²) in [7, 11) is 1.35. The van der Waals surface area contributed by atoms with Crippen molar-refractivity contribution < 1.29 is 24.0 Å². The number of hydrogen-bond donors (Lipinski definition) is 1. The number of nitro benzene ring substituents is 1. The Balaban J connectivity index is 2.08. The number of rotatable bonds is 4. The molecule has 0 atom stereocenters. The molecule has 0 bridgehead atoms. The average Bonchev–Trinajstić information content (AvgIpc) is 2.65. The number of non-ortho nitro benzene ring substituents is 1. The maximum absolute atomic E-state index is 12.8. The number of carbonyl (C=O) groups excluding carboxylic acids is 3. The number of hydrogen-bond acceptors (Lipinski definition) is 6. The Morgan fingerprint density at radius 3 is 2.44 bits per heavy atom. The molecule has 0 unspecified atom stereocenters. The van der Waals surface area contributed by atoms with Gasteiger partial charge < -0.3 is 4.74 Å². The predicted octanol–water partition coefficient (Wildman–Crippen LogP) is 2.27. The van der Waals surface area contributed by atoms with Gasteiger partial charge in [-0.1, -0.05) is 18.2 Å². The Hall–Kier alpha value is -4.01. The Morgan fingerprint density at radius 1 is 1.11 bits per heavy atom. The van der Waals surface area contributed by atoms with Gasteiger partial charge in [0, 0.05) is 17.7 Å². The van der Waals surface area contributed by atoms with E-state index in [4.69, 9.17) is 4.74 Å². The summed E-state index contributed by atoms with van der Waals surface area (Å²) in [5, 5.41) is 13.1. The minimum Gasteiger partial charge on any atom is -0.496 e. The van der Waals surface area contributed by atoms with Crippen LogP contribution in [0.4, 0.5) is 16.2 Å². The highest BCUT2D eigenvalue weighted by Gasteiger charge is 2.37. The maximum Gasteiger partial charge on any atom is 0.335 e. The molecule has 136 valence electrons. The van der Waals surface area contributed by atoms with Gasteiger partial charge in [0.1, 0.15) is 11.3 Å². The summed E-state index contributed by atoms with van der Waals surface area (Å²) >= 11 is 0. The smallest absolute Gasteiger partial charge is 0.335 e. The second-order valence-corrected chi connectivity index (χ2v) is 5.48. The lowest BCUT2D eigenvalue weighted by atomic mass is 10.1. The van der Waals surface area contributed by atoms with Crippen LogP contribution in [-0.2, 0) is 9.59 Å². The molecule has 9 nitrogen and oxygen atoms in total. The Morgan fingerprint density at radius 2 is 1.81 bits per heavy atom. The van der Waals surface area contributed by atoms with Crippen LogP contribution < -0.4 is 15.0 Å². The number of nitro groups is 1. The van der Waals surface area contributed by atoms with E-state index in [1.807, 2.05) is 0 Å². The number of nitrogens with zero attached hydrogens (tertiary/aromatic N) is 2. The number of amides is 4. The number of anilines is 1. The van der Waals surface area contributed by atoms with Crippen LogP contribution in [0.3, 0.4) is 0 Å². The van der Waals surface area contributed by atoms with Gasteiger partial charge in [0.2, 0.25) is 0 Å². The normalized spacial score (nSPS) is 15.7. The Kier molecular flexibility index (Phi) is 4.67. The lowest BCUT2D eigenvalue weighted by Crippen LogP contribution is -2.54. The van der Waals surface area contributed by atoms with Gasteiger partial charge in [-0.05, 0) is 24.3 Å². The first-order valence-corrected chi connectivity index (χ1v) is 7.71. The standard InChI is InChI=1S/C18H13N3O6/c1-27-15-8-7-13(21(25)26)9-11(15)10-14-16(22)19-18(24)20(17(14)23)12-5-3-2-4-6-12/h2-10H,1H3,(H,19,22,24)/b14-10+. The minimum absolute atomic E-state index is 0.160. The molecule has 0 saturated carbocycles. The molecular formula is C18H13N3O6. The molecule has 1 heterocycles. The van der Waals surface area contributed by atoms with Gasteiger partial charge in [-0.2, -0.15) is 0 Å². The van der Waals surface area contributed by atoms with Crippen LogP contribution >= 0.6 is 0 Å². The number of barbiturate groups is 1. The number of nitrogens with one attached hydrogen (secondary N) is 1. The fraction of sp³-hybridized carbons (Fsp3) is 0.0556. The summed E-state index contributed by atoms with van der Waals surface area (Å²) in [6.07, 6.45) is 1.16. The molecule has 2 aromatic rings. The van der Waals surface area contributed by atoms with Crippen molar-refractivity contribution in [3.8, 4) is 5.75 Å². The van der Waals surface area contributed by atoms with E-state index in [1.165, 1.54) is 25.3 Å². The third-order valence-electron chi connectivity index (χ3n) is 3.84. The fourth-order valence-electron chi connectivity index (χ4n) is 2.57. The van der Waals surface area contributed by atoms with Gasteiger partial charge in [-0.15, -0.1) is 0 Å². The Bertz CT molecular complexity index is 984. The van der Waals surface area contributed by atoms with Gasteiger partial charge in [0.15, 0.2) is 0 Å². The van der Waals surface area contributed by atoms with Crippen LogP contribution in [0.5, 0.6) is 5.75 Å². The lowest BCUT2D eigenvalue weighted by Gasteiger charge is -2.26. The molecule has 3 rings (SSSR count). The highest BCUT2D eigenvalue weighted by atomic mass is 16.6. The minimum atomic E-state index is -0.897. The molecule has 0 radical (unpaired) electrons. The van der Waals surface area contributed by atoms with Crippen molar-refractivity contribution in [3.63, 3.8) is 0 Å². The van der Waals surface area contributed by atoms with Crippen molar-refractivity contribution in [2.45, 2.75) is 0 Å². The van der Waals surface area contributed by atoms with Gasteiger partial charge in [0.25, 0.3) is 17.5 Å². The van der Waals surface area contributed by atoms with Crippen molar-refractivity contribution in [2.75, 3.05) is 12.0 Å². The molecule has 1 saturated heterocycles. The quantitative estimate of drug-likeness (QED) is 0.383. The second-order valence-electron chi connectivity index (χ2n) is 5.48. The third kappa shape index (κ3) is 3.38. The zero-order chi connectivity index (χ0) is 19.6. The summed E-state index contributed by atoms with van der Waals surface area (Å²) in [5.41, 5.74) is -0.142. The van der Waals surface area contributed by atoms with Crippen molar-refractivity contribution in [1.29, 1.82) is 0 Å². The van der Waals surface area contributed by atoms with Crippen LogP contribution in [-0.4, -0.2) is 29.9 Å². The van der Waals surface area contributed by atoms with Gasteiger partial charge in [-0.25, -0.2) is 9.69 Å². The highest BCUT2D eigenvalue weighted by molar-refractivity contribution is 6.39. The Labute approximate surface area is 153 Å². The molecule has 1 aliphatic rings. The van der Waals surface area contributed by atoms with E-state index in [1.54, 1.807) is 30.3 Å². The van der Waals surface area contributed by atoms with Crippen molar-refractivity contribution in [1.82, 2.24) is 5.32 Å². The van der Waals surface area contributed by atoms with Crippen LogP contribution in [0.25, 0.3) is 6.08 Å². The third-order valence-corrected chi connectivity index (χ3v) is 3.84. The van der Waals surface area contributed by atoms with Crippen LogP contribution in [0.15, 0.2) is 54.1 Å². The van der Waals surface area contributed by atoms with E-state index in [-0.39, 0.29) is 28.3 Å². The van der Waals surface area contributed by atoms with E-state index >= 15 is 0 Å². The first-order chi connectivity index (χ1) is 12.9. The van der Waals surface area contributed by atoms with Crippen LogP contribution in [0.2, 0.25) is 0 Å². The summed E-state index contributed by atoms with van der Waals surface area (Å²) < 4.78 is 5.13. The zero-order valence-electron chi connectivity index (χ0n) is 14.0. The van der Waals surface area contributed by atoms with Crippen LogP contribution in [0.1, 0.15) is 5.56 Å². The molecule has 27 heavy (non-hydrogen) atoms. The molecule has 2 aromatic carbocycles. The van der Waals surface area contributed by atoms with E-state index in [9.17, 15) is 24.5 Å². The topological polar surface area (TPSA) is 119 Å². The number of carbonyl (C=O) groups is 3. The first kappa shape index (κ1) is 17.8. The molecule has 1 aliphatic heterocycles. The van der Waals surface area contributed by atoms with E-state index < -0.39 is 22.8 Å². The molecular weight excluding hydrogens is 354 g/mol. The van der Waals surface area contributed by atoms with Gasteiger partial charge in [-0.3, -0.25) is 25.0 Å². The summed E-state index contributed by atoms with van der Waals surface area (Å²) in [6, 6.07) is 11.0. The molecule has 1 fully saturated rings. The number of imide groups is 2. The number of benzene rings is 2. The number of para-hydroxylation sites is 1. The van der Waals surface area contributed by atoms with Crippen molar-refractivity contribution in [2.24, 2.45) is 0 Å². The molecule has 0 aromatic heterocycles. The SMILES string of the molecule is COc1ccc([N+](=O)[O-])cc1/C=C1\C(=O)NC(=O)N(c2ccccc2)C1=O. The lowest BCUT2D eigenvalue weighted by molar-refractivity contribution is -0.384. The molecule has 0 spiro atoms.